The number of sulfonamides is 1. The van der Waals surface area contributed by atoms with Crippen LogP contribution in [0.5, 0.6) is 0 Å². The summed E-state index contributed by atoms with van der Waals surface area (Å²) in [7, 11) is -4.45. The molecule has 0 radical (unpaired) electrons. The zero-order chi connectivity index (χ0) is 22.5. The van der Waals surface area contributed by atoms with Crippen LogP contribution in [0, 0.1) is 20.2 Å². The predicted molar refractivity (Wildman–Crippen MR) is 106 cm³/mol. The summed E-state index contributed by atoms with van der Waals surface area (Å²) in [5.74, 6) is -0.748. The van der Waals surface area contributed by atoms with Crippen LogP contribution in [-0.2, 0) is 19.6 Å². The fourth-order valence-corrected chi connectivity index (χ4v) is 4.28. The van der Waals surface area contributed by atoms with Gasteiger partial charge in [-0.2, -0.15) is 0 Å². The van der Waals surface area contributed by atoms with E-state index in [2.05, 4.69) is 4.72 Å². The van der Waals surface area contributed by atoms with Crippen LogP contribution in [0.25, 0.3) is 0 Å². The first-order valence-corrected chi connectivity index (χ1v) is 10.3. The summed E-state index contributed by atoms with van der Waals surface area (Å²) in [6, 6.07) is 6.68. The second-order valence-corrected chi connectivity index (χ2v) is 8.00. The van der Waals surface area contributed by atoms with Crippen molar-refractivity contribution in [2.45, 2.75) is 24.3 Å². The summed E-state index contributed by atoms with van der Waals surface area (Å²) in [6.45, 7) is 1.61. The number of hydrogen-bond donors (Lipinski definition) is 1. The molecule has 0 aliphatic rings. The molecule has 13 heteroatoms. The molecule has 0 unspecified atom stereocenters. The molecule has 0 heterocycles. The monoisotopic (exact) mass is 457 g/mol. The lowest BCUT2D eigenvalue weighted by atomic mass is 10.0. The van der Waals surface area contributed by atoms with Crippen molar-refractivity contribution in [1.82, 2.24) is 4.72 Å². The summed E-state index contributed by atoms with van der Waals surface area (Å²) in [6.07, 6.45) is -0.471. The van der Waals surface area contributed by atoms with Gasteiger partial charge in [0.15, 0.2) is 0 Å². The number of nitrogens with one attached hydrogen (secondary N) is 1. The minimum atomic E-state index is -4.45. The van der Waals surface area contributed by atoms with Gasteiger partial charge in [0.25, 0.3) is 11.4 Å². The van der Waals surface area contributed by atoms with Gasteiger partial charge in [-0.05, 0) is 18.6 Å². The van der Waals surface area contributed by atoms with Crippen LogP contribution in [0.4, 0.5) is 11.4 Å². The standard InChI is InChI=1S/C17H16ClN3O8S/c1-2-29-17(22)10-15(11-4-3-5-12(8-11)20(23)24)19-30(27,28)16-9-13(21(25)26)6-7-14(16)18/h3-9,15,19H,2,10H2,1H3/t15-/m0/s1. The maximum atomic E-state index is 12.9. The Balaban J connectivity index is 2.48. The summed E-state index contributed by atoms with van der Waals surface area (Å²) in [5.41, 5.74) is -0.687. The zero-order valence-corrected chi connectivity index (χ0v) is 17.1. The number of rotatable bonds is 9. The van der Waals surface area contributed by atoms with Gasteiger partial charge in [0.05, 0.1) is 33.9 Å². The summed E-state index contributed by atoms with van der Waals surface area (Å²) < 4.78 is 32.8. The van der Waals surface area contributed by atoms with Crippen LogP contribution in [0.15, 0.2) is 47.4 Å². The number of halogens is 1. The Morgan fingerprint density at radius 1 is 1.13 bits per heavy atom. The van der Waals surface area contributed by atoms with Gasteiger partial charge in [-0.15, -0.1) is 0 Å². The number of carbonyl (C=O) groups is 1. The number of non-ortho nitro benzene ring substituents is 2. The van der Waals surface area contributed by atoms with E-state index in [9.17, 15) is 33.4 Å². The van der Waals surface area contributed by atoms with Gasteiger partial charge in [-0.3, -0.25) is 25.0 Å². The van der Waals surface area contributed by atoms with Gasteiger partial charge >= 0.3 is 5.97 Å². The van der Waals surface area contributed by atoms with E-state index in [-0.39, 0.29) is 22.9 Å². The molecule has 2 rings (SSSR count). The molecule has 1 N–H and O–H groups in total. The van der Waals surface area contributed by atoms with Crippen LogP contribution < -0.4 is 4.72 Å². The van der Waals surface area contributed by atoms with E-state index >= 15 is 0 Å². The zero-order valence-electron chi connectivity index (χ0n) is 15.5. The SMILES string of the molecule is CCOC(=O)C[C@H](NS(=O)(=O)c1cc([N+](=O)[O-])ccc1Cl)c1cccc([N+](=O)[O-])c1. The van der Waals surface area contributed by atoms with Gasteiger partial charge in [-0.1, -0.05) is 23.7 Å². The minimum absolute atomic E-state index is 0.0456. The van der Waals surface area contributed by atoms with Crippen LogP contribution in [0.1, 0.15) is 24.9 Å². The van der Waals surface area contributed by atoms with E-state index in [0.717, 1.165) is 24.3 Å². The van der Waals surface area contributed by atoms with E-state index in [1.807, 2.05) is 0 Å². The van der Waals surface area contributed by atoms with Crippen molar-refractivity contribution in [2.75, 3.05) is 6.61 Å². The molecular weight excluding hydrogens is 442 g/mol. The molecule has 0 spiro atoms. The maximum absolute atomic E-state index is 12.9. The molecule has 11 nitrogen and oxygen atoms in total. The molecule has 1 atom stereocenters. The van der Waals surface area contributed by atoms with Crippen molar-refractivity contribution in [1.29, 1.82) is 0 Å². The predicted octanol–water partition coefficient (Wildman–Crippen LogP) is 3.13. The summed E-state index contributed by atoms with van der Waals surface area (Å²) in [4.78, 5) is 32.0. The number of hydrogen-bond acceptors (Lipinski definition) is 8. The van der Waals surface area contributed by atoms with Crippen molar-refractivity contribution in [3.63, 3.8) is 0 Å². The first-order valence-electron chi connectivity index (χ1n) is 8.41. The fourth-order valence-electron chi connectivity index (χ4n) is 2.53. The smallest absolute Gasteiger partial charge is 0.307 e. The van der Waals surface area contributed by atoms with Crippen LogP contribution >= 0.6 is 11.6 Å². The minimum Gasteiger partial charge on any atom is -0.466 e. The third kappa shape index (κ3) is 5.72. The highest BCUT2D eigenvalue weighted by molar-refractivity contribution is 7.89. The van der Waals surface area contributed by atoms with Gasteiger partial charge in [0.2, 0.25) is 10.0 Å². The van der Waals surface area contributed by atoms with E-state index in [1.165, 1.54) is 18.2 Å². The first kappa shape index (κ1) is 23.2. The number of esters is 1. The lowest BCUT2D eigenvalue weighted by Crippen LogP contribution is -2.31. The van der Waals surface area contributed by atoms with Crippen LogP contribution in [-0.4, -0.2) is 30.8 Å². The Morgan fingerprint density at radius 3 is 2.37 bits per heavy atom. The number of nitro groups is 2. The first-order chi connectivity index (χ1) is 14.0. The van der Waals surface area contributed by atoms with Crippen molar-refractivity contribution in [3.05, 3.63) is 73.3 Å². The molecule has 0 aromatic heterocycles. The number of carbonyl (C=O) groups excluding carboxylic acids is 1. The van der Waals surface area contributed by atoms with E-state index in [4.69, 9.17) is 16.3 Å². The average molecular weight is 458 g/mol. The topological polar surface area (TPSA) is 159 Å². The molecular formula is C17H16ClN3O8S. The molecule has 0 saturated carbocycles. The van der Waals surface area contributed by atoms with Gasteiger partial charge in [0, 0.05) is 24.3 Å². The molecule has 0 saturated heterocycles. The average Bonchev–Trinajstić information content (AvgIpc) is 2.67. The van der Waals surface area contributed by atoms with Crippen molar-refractivity contribution < 1.29 is 27.8 Å². The van der Waals surface area contributed by atoms with Crippen molar-refractivity contribution >= 4 is 39.0 Å². The number of nitro benzene ring substituents is 2. The molecule has 0 amide bonds. The molecule has 30 heavy (non-hydrogen) atoms. The second-order valence-electron chi connectivity index (χ2n) is 5.91. The highest BCUT2D eigenvalue weighted by atomic mass is 35.5. The van der Waals surface area contributed by atoms with Gasteiger partial charge in [0.1, 0.15) is 4.90 Å². The number of ether oxygens (including phenoxy) is 1. The number of benzene rings is 2. The van der Waals surface area contributed by atoms with Crippen LogP contribution in [0.3, 0.4) is 0 Å². The summed E-state index contributed by atoms with van der Waals surface area (Å²) >= 11 is 5.91. The largest absolute Gasteiger partial charge is 0.466 e. The third-order valence-corrected chi connectivity index (χ3v) is 5.83. The van der Waals surface area contributed by atoms with Gasteiger partial charge in [-0.25, -0.2) is 13.1 Å². The quantitative estimate of drug-likeness (QED) is 0.341. The fraction of sp³-hybridized carbons (Fsp3) is 0.235. The third-order valence-electron chi connectivity index (χ3n) is 3.87. The normalized spacial score (nSPS) is 12.2. The molecule has 2 aromatic rings. The van der Waals surface area contributed by atoms with E-state index in [0.29, 0.717) is 0 Å². The molecule has 0 aliphatic carbocycles. The molecule has 2 aromatic carbocycles. The molecule has 160 valence electrons. The molecule has 0 fully saturated rings. The summed E-state index contributed by atoms with van der Waals surface area (Å²) in [5, 5.41) is 21.7. The Kier molecular flexibility index (Phi) is 7.43. The Labute approximate surface area is 176 Å². The molecule has 0 bridgehead atoms. The number of nitrogens with zero attached hydrogens (tertiary/aromatic N) is 2. The molecule has 0 aliphatic heterocycles. The van der Waals surface area contributed by atoms with Crippen molar-refractivity contribution in [2.24, 2.45) is 0 Å². The second kappa shape index (κ2) is 9.61. The van der Waals surface area contributed by atoms with Crippen LogP contribution in [0.2, 0.25) is 5.02 Å². The highest BCUT2D eigenvalue weighted by Gasteiger charge is 2.28. The lowest BCUT2D eigenvalue weighted by molar-refractivity contribution is -0.385. The van der Waals surface area contributed by atoms with E-state index in [1.54, 1.807) is 6.92 Å². The highest BCUT2D eigenvalue weighted by Crippen LogP contribution is 2.29. The lowest BCUT2D eigenvalue weighted by Gasteiger charge is -2.19. The Bertz CT molecular complexity index is 1090. The maximum Gasteiger partial charge on any atom is 0.307 e. The Hall–Kier alpha value is -3.09. The van der Waals surface area contributed by atoms with Crippen molar-refractivity contribution in [3.8, 4) is 0 Å². The van der Waals surface area contributed by atoms with Gasteiger partial charge < -0.3 is 4.74 Å². The van der Waals surface area contributed by atoms with E-state index < -0.39 is 48.9 Å². The Morgan fingerprint density at radius 2 is 1.77 bits per heavy atom.